The summed E-state index contributed by atoms with van der Waals surface area (Å²) in [6.07, 6.45) is 2.17. The Morgan fingerprint density at radius 1 is 1.64 bits per heavy atom. The molecule has 1 fully saturated rings. The third-order valence-electron chi connectivity index (χ3n) is 2.86. The summed E-state index contributed by atoms with van der Waals surface area (Å²) in [7, 11) is 1.74. The van der Waals surface area contributed by atoms with E-state index in [1.807, 2.05) is 0 Å². The van der Waals surface area contributed by atoms with Crippen molar-refractivity contribution in [3.05, 3.63) is 0 Å². The van der Waals surface area contributed by atoms with E-state index < -0.39 is 0 Å². The Morgan fingerprint density at radius 3 is 2.93 bits per heavy atom. The first kappa shape index (κ1) is 11.9. The first-order valence-electron chi connectivity index (χ1n) is 5.30. The zero-order valence-electron chi connectivity index (χ0n) is 9.16. The van der Waals surface area contributed by atoms with Crippen molar-refractivity contribution in [3.63, 3.8) is 0 Å². The van der Waals surface area contributed by atoms with Crippen molar-refractivity contribution < 1.29 is 9.47 Å². The second kappa shape index (κ2) is 6.35. The van der Waals surface area contributed by atoms with Crippen molar-refractivity contribution in [1.29, 1.82) is 0 Å². The molecule has 4 nitrogen and oxygen atoms in total. The zero-order valence-corrected chi connectivity index (χ0v) is 9.16. The first-order valence-corrected chi connectivity index (χ1v) is 5.30. The minimum atomic E-state index is 0.364. The fourth-order valence-electron chi connectivity index (χ4n) is 2.05. The molecule has 3 N–H and O–H groups in total. The number of ether oxygens (including phenoxy) is 2. The van der Waals surface area contributed by atoms with Gasteiger partial charge < -0.3 is 9.47 Å². The Bertz CT molecular complexity index is 149. The molecule has 1 saturated heterocycles. The van der Waals surface area contributed by atoms with Gasteiger partial charge in [-0.3, -0.25) is 11.3 Å². The molecule has 14 heavy (non-hydrogen) atoms. The van der Waals surface area contributed by atoms with E-state index in [1.54, 1.807) is 7.11 Å². The van der Waals surface area contributed by atoms with Gasteiger partial charge in [-0.1, -0.05) is 6.92 Å². The molecule has 0 spiro atoms. The maximum Gasteiger partial charge on any atom is 0.0510 e. The Labute approximate surface area is 86.1 Å². The van der Waals surface area contributed by atoms with Crippen LogP contribution < -0.4 is 11.3 Å². The van der Waals surface area contributed by atoms with Gasteiger partial charge in [-0.15, -0.1) is 0 Å². The topological polar surface area (TPSA) is 56.5 Å². The molecule has 3 unspecified atom stereocenters. The zero-order chi connectivity index (χ0) is 10.4. The highest BCUT2D eigenvalue weighted by Gasteiger charge is 2.26. The molecule has 0 saturated carbocycles. The minimum Gasteiger partial charge on any atom is -0.384 e. The summed E-state index contributed by atoms with van der Waals surface area (Å²) in [5.74, 6) is 6.66. The fourth-order valence-corrected chi connectivity index (χ4v) is 2.05. The average Bonchev–Trinajstić information content (AvgIpc) is 2.67. The lowest BCUT2D eigenvalue weighted by Crippen LogP contribution is -2.42. The summed E-state index contributed by atoms with van der Waals surface area (Å²) >= 11 is 0. The van der Waals surface area contributed by atoms with E-state index in [-0.39, 0.29) is 0 Å². The second-order valence-corrected chi connectivity index (χ2v) is 4.19. The molecule has 4 heteroatoms. The molecule has 0 radical (unpaired) electrons. The van der Waals surface area contributed by atoms with E-state index in [0.29, 0.717) is 17.9 Å². The van der Waals surface area contributed by atoms with Crippen molar-refractivity contribution in [3.8, 4) is 0 Å². The van der Waals surface area contributed by atoms with E-state index >= 15 is 0 Å². The normalized spacial score (nSPS) is 26.4. The molecule has 0 aromatic carbocycles. The van der Waals surface area contributed by atoms with Gasteiger partial charge in [0.15, 0.2) is 0 Å². The van der Waals surface area contributed by atoms with Gasteiger partial charge in [-0.25, -0.2) is 0 Å². The first-order chi connectivity index (χ1) is 6.77. The molecule has 1 aliphatic rings. The van der Waals surface area contributed by atoms with Gasteiger partial charge in [0.25, 0.3) is 0 Å². The van der Waals surface area contributed by atoms with Gasteiger partial charge in [0.2, 0.25) is 0 Å². The standard InChI is InChI=1S/C10H22N2O2/c1-8(6-13-2)5-10(12-11)9-3-4-14-7-9/h8-10,12H,3-7,11H2,1-2H3. The molecule has 1 aliphatic heterocycles. The van der Waals surface area contributed by atoms with Crippen LogP contribution in [0.15, 0.2) is 0 Å². The van der Waals surface area contributed by atoms with Crippen molar-refractivity contribution >= 4 is 0 Å². The van der Waals surface area contributed by atoms with Gasteiger partial charge in [0.1, 0.15) is 0 Å². The minimum absolute atomic E-state index is 0.364. The summed E-state index contributed by atoms with van der Waals surface area (Å²) in [5, 5.41) is 0. The van der Waals surface area contributed by atoms with Crippen LogP contribution in [0.4, 0.5) is 0 Å². The number of hydrogen-bond donors (Lipinski definition) is 2. The molecule has 0 aromatic rings. The molecular formula is C10H22N2O2. The highest BCUT2D eigenvalue weighted by atomic mass is 16.5. The van der Waals surface area contributed by atoms with Gasteiger partial charge in [0, 0.05) is 32.3 Å². The Hall–Kier alpha value is -0.160. The lowest BCUT2D eigenvalue weighted by molar-refractivity contribution is 0.136. The number of hydrazine groups is 1. The van der Waals surface area contributed by atoms with Crippen molar-refractivity contribution in [2.45, 2.75) is 25.8 Å². The van der Waals surface area contributed by atoms with E-state index in [2.05, 4.69) is 12.3 Å². The van der Waals surface area contributed by atoms with Gasteiger partial charge >= 0.3 is 0 Å². The van der Waals surface area contributed by atoms with E-state index in [9.17, 15) is 0 Å². The Balaban J connectivity index is 2.29. The molecule has 0 aliphatic carbocycles. The van der Waals surface area contributed by atoms with Crippen LogP contribution in [0.1, 0.15) is 19.8 Å². The Kier molecular flexibility index (Phi) is 5.40. The summed E-state index contributed by atoms with van der Waals surface area (Å²) < 4.78 is 10.5. The third kappa shape index (κ3) is 3.53. The molecule has 0 amide bonds. The number of hydrogen-bond acceptors (Lipinski definition) is 4. The van der Waals surface area contributed by atoms with Crippen LogP contribution >= 0.6 is 0 Å². The van der Waals surface area contributed by atoms with E-state index in [0.717, 1.165) is 32.7 Å². The van der Waals surface area contributed by atoms with Crippen LogP contribution in [-0.4, -0.2) is 33.0 Å². The molecule has 0 aromatic heterocycles. The Morgan fingerprint density at radius 2 is 2.43 bits per heavy atom. The SMILES string of the molecule is COCC(C)CC(NN)C1CCOC1. The average molecular weight is 202 g/mol. The number of methoxy groups -OCH3 is 1. The van der Waals surface area contributed by atoms with Crippen molar-refractivity contribution in [2.75, 3.05) is 26.9 Å². The largest absolute Gasteiger partial charge is 0.384 e. The van der Waals surface area contributed by atoms with Gasteiger partial charge in [0.05, 0.1) is 6.61 Å². The van der Waals surface area contributed by atoms with E-state index in [1.165, 1.54) is 0 Å². The van der Waals surface area contributed by atoms with Gasteiger partial charge in [-0.2, -0.15) is 0 Å². The maximum atomic E-state index is 5.55. The fraction of sp³-hybridized carbons (Fsp3) is 1.00. The third-order valence-corrected chi connectivity index (χ3v) is 2.86. The quantitative estimate of drug-likeness (QED) is 0.487. The van der Waals surface area contributed by atoms with Crippen LogP contribution in [0, 0.1) is 11.8 Å². The second-order valence-electron chi connectivity index (χ2n) is 4.19. The van der Waals surface area contributed by atoms with Crippen LogP contribution in [-0.2, 0) is 9.47 Å². The highest BCUT2D eigenvalue weighted by Crippen LogP contribution is 2.21. The lowest BCUT2D eigenvalue weighted by atomic mass is 9.91. The number of rotatable bonds is 6. The predicted octanol–water partition coefficient (Wildman–Crippen LogP) is 0.527. The number of nitrogens with two attached hydrogens (primary N) is 1. The predicted molar refractivity (Wildman–Crippen MR) is 55.7 cm³/mol. The summed E-state index contributed by atoms with van der Waals surface area (Å²) in [6, 6.07) is 0.364. The monoisotopic (exact) mass is 202 g/mol. The number of nitrogens with one attached hydrogen (secondary N) is 1. The lowest BCUT2D eigenvalue weighted by Gasteiger charge is -2.24. The van der Waals surface area contributed by atoms with Crippen molar-refractivity contribution in [1.82, 2.24) is 5.43 Å². The van der Waals surface area contributed by atoms with Crippen LogP contribution in [0.2, 0.25) is 0 Å². The molecule has 0 bridgehead atoms. The van der Waals surface area contributed by atoms with Crippen LogP contribution in [0.5, 0.6) is 0 Å². The van der Waals surface area contributed by atoms with E-state index in [4.69, 9.17) is 15.3 Å². The summed E-state index contributed by atoms with van der Waals surface area (Å²) in [6.45, 7) is 4.70. The van der Waals surface area contributed by atoms with Gasteiger partial charge in [-0.05, 0) is 18.8 Å². The molecule has 3 atom stereocenters. The highest BCUT2D eigenvalue weighted by molar-refractivity contribution is 4.79. The summed E-state index contributed by atoms with van der Waals surface area (Å²) in [5.41, 5.74) is 2.90. The smallest absolute Gasteiger partial charge is 0.0510 e. The van der Waals surface area contributed by atoms with Crippen LogP contribution in [0.25, 0.3) is 0 Å². The van der Waals surface area contributed by atoms with Crippen LogP contribution in [0.3, 0.4) is 0 Å². The summed E-state index contributed by atoms with van der Waals surface area (Å²) in [4.78, 5) is 0. The molecule has 1 rings (SSSR count). The maximum absolute atomic E-state index is 5.55. The van der Waals surface area contributed by atoms with Crippen molar-refractivity contribution in [2.24, 2.45) is 17.7 Å². The molecule has 84 valence electrons. The molecule has 1 heterocycles. The molecular weight excluding hydrogens is 180 g/mol.